The molecule has 36 heavy (non-hydrogen) atoms. The van der Waals surface area contributed by atoms with Crippen LogP contribution in [-0.2, 0) is 6.54 Å². The third-order valence-electron chi connectivity index (χ3n) is 6.92. The highest BCUT2D eigenvalue weighted by Gasteiger charge is 2.26. The molecular weight excluding hydrogens is 476 g/mol. The second-order valence-electron chi connectivity index (χ2n) is 9.20. The van der Waals surface area contributed by atoms with Crippen LogP contribution in [0.1, 0.15) is 47.3 Å². The molecule has 1 aliphatic rings. The largest absolute Gasteiger partial charge is 0.349 e. The summed E-state index contributed by atoms with van der Waals surface area (Å²) in [6.07, 6.45) is 8.08. The number of aryl methyl sites for hydroxylation is 1. The Kier molecular flexibility index (Phi) is 6.57. The third kappa shape index (κ3) is 4.50. The van der Waals surface area contributed by atoms with Crippen LogP contribution in [0.4, 0.5) is 0 Å². The number of nitriles is 1. The van der Waals surface area contributed by atoms with Crippen LogP contribution in [0.15, 0.2) is 59.8 Å². The van der Waals surface area contributed by atoms with Gasteiger partial charge in [-0.3, -0.25) is 23.9 Å². The van der Waals surface area contributed by atoms with Crippen molar-refractivity contribution in [1.29, 1.82) is 5.26 Å². The summed E-state index contributed by atoms with van der Waals surface area (Å²) < 4.78 is 3.38. The smallest absolute Gasteiger partial charge is 0.333 e. The first-order valence-electron chi connectivity index (χ1n) is 11.9. The Hall–Kier alpha value is -3.96. The van der Waals surface area contributed by atoms with Crippen LogP contribution in [0.5, 0.6) is 0 Å². The summed E-state index contributed by atoms with van der Waals surface area (Å²) >= 11 is 6.02. The minimum Gasteiger partial charge on any atom is -0.349 e. The van der Waals surface area contributed by atoms with Gasteiger partial charge in [-0.1, -0.05) is 23.7 Å². The van der Waals surface area contributed by atoms with Gasteiger partial charge in [-0.15, -0.1) is 0 Å². The maximum absolute atomic E-state index is 13.6. The lowest BCUT2D eigenvalue weighted by atomic mass is 9.85. The summed E-state index contributed by atoms with van der Waals surface area (Å²) in [5.74, 6) is 0.143. The number of imidazole rings is 1. The predicted octanol–water partition coefficient (Wildman–Crippen LogP) is 4.40. The fourth-order valence-electron chi connectivity index (χ4n) is 5.02. The molecule has 0 radical (unpaired) electrons. The minimum absolute atomic E-state index is 0.0683. The van der Waals surface area contributed by atoms with Crippen LogP contribution < -0.4 is 11.0 Å². The topological polar surface area (TPSA) is 106 Å². The first-order valence-corrected chi connectivity index (χ1v) is 12.3. The van der Waals surface area contributed by atoms with Gasteiger partial charge in [-0.2, -0.15) is 5.26 Å². The van der Waals surface area contributed by atoms with Crippen molar-refractivity contribution in [2.75, 3.05) is 0 Å². The van der Waals surface area contributed by atoms with E-state index in [1.165, 1.54) is 6.20 Å². The SMILES string of the molecule is Cc1ncc(Cl)cc1C(=O)N[C@H]1CC[C@H](Cn2c(=O)n(-c3cnccc3C#N)c3ccccc32)CC1. The highest BCUT2D eigenvalue weighted by Crippen LogP contribution is 2.28. The molecule has 1 amide bonds. The molecule has 1 N–H and O–H groups in total. The van der Waals surface area contributed by atoms with Crippen molar-refractivity contribution in [2.24, 2.45) is 5.92 Å². The van der Waals surface area contributed by atoms with Gasteiger partial charge in [0.25, 0.3) is 5.91 Å². The second-order valence-corrected chi connectivity index (χ2v) is 9.64. The maximum Gasteiger partial charge on any atom is 0.333 e. The molecule has 0 saturated heterocycles. The third-order valence-corrected chi connectivity index (χ3v) is 7.12. The second kappa shape index (κ2) is 9.96. The number of hydrogen-bond donors (Lipinski definition) is 1. The number of carbonyl (C=O) groups is 1. The minimum atomic E-state index is -0.181. The lowest BCUT2D eigenvalue weighted by Gasteiger charge is -2.29. The molecule has 0 aliphatic heterocycles. The zero-order valence-corrected chi connectivity index (χ0v) is 20.6. The van der Waals surface area contributed by atoms with Crippen molar-refractivity contribution in [1.82, 2.24) is 24.4 Å². The molecule has 4 aromatic rings. The zero-order valence-electron chi connectivity index (χ0n) is 19.8. The molecule has 1 aromatic carbocycles. The first-order chi connectivity index (χ1) is 17.5. The molecule has 182 valence electrons. The number of fused-ring (bicyclic) bond motifs is 1. The fraction of sp³-hybridized carbons (Fsp3) is 0.296. The molecule has 5 rings (SSSR count). The molecule has 9 heteroatoms. The van der Waals surface area contributed by atoms with Crippen LogP contribution in [0.2, 0.25) is 5.02 Å². The zero-order chi connectivity index (χ0) is 25.2. The summed E-state index contributed by atoms with van der Waals surface area (Å²) in [4.78, 5) is 34.6. The van der Waals surface area contributed by atoms with Gasteiger partial charge in [-0.25, -0.2) is 4.79 Å². The number of nitrogens with zero attached hydrogens (tertiary/aromatic N) is 5. The Balaban J connectivity index is 1.33. The predicted molar refractivity (Wildman–Crippen MR) is 137 cm³/mol. The molecular formula is C27H25ClN6O2. The molecule has 0 spiro atoms. The summed E-state index contributed by atoms with van der Waals surface area (Å²) in [6.45, 7) is 2.37. The van der Waals surface area contributed by atoms with E-state index in [1.54, 1.807) is 40.6 Å². The van der Waals surface area contributed by atoms with E-state index < -0.39 is 0 Å². The first kappa shape index (κ1) is 23.8. The molecule has 8 nitrogen and oxygen atoms in total. The van der Waals surface area contributed by atoms with Crippen molar-refractivity contribution in [3.63, 3.8) is 0 Å². The maximum atomic E-state index is 13.6. The highest BCUT2D eigenvalue weighted by atomic mass is 35.5. The van der Waals surface area contributed by atoms with E-state index in [0.717, 1.165) is 36.7 Å². The van der Waals surface area contributed by atoms with Crippen LogP contribution in [0.3, 0.4) is 0 Å². The molecule has 1 aliphatic carbocycles. The number of hydrogen-bond acceptors (Lipinski definition) is 5. The Morgan fingerprint density at radius 2 is 1.92 bits per heavy atom. The van der Waals surface area contributed by atoms with Crippen LogP contribution in [0.25, 0.3) is 16.7 Å². The van der Waals surface area contributed by atoms with Crippen LogP contribution >= 0.6 is 11.6 Å². The van der Waals surface area contributed by atoms with Crippen molar-refractivity contribution < 1.29 is 4.79 Å². The van der Waals surface area contributed by atoms with E-state index in [9.17, 15) is 14.9 Å². The summed E-state index contributed by atoms with van der Waals surface area (Å²) in [5.41, 5.74) is 3.42. The number of aromatic nitrogens is 4. The summed E-state index contributed by atoms with van der Waals surface area (Å²) in [5, 5.41) is 13.1. The molecule has 1 fully saturated rings. The van der Waals surface area contributed by atoms with E-state index in [2.05, 4.69) is 21.4 Å². The summed E-state index contributed by atoms with van der Waals surface area (Å²) in [6, 6.07) is 13.1. The number of benzene rings is 1. The van der Waals surface area contributed by atoms with Crippen molar-refractivity contribution in [3.8, 4) is 11.8 Å². The van der Waals surface area contributed by atoms with Gasteiger partial charge in [0.1, 0.15) is 6.07 Å². The molecule has 0 bridgehead atoms. The van der Waals surface area contributed by atoms with Gasteiger partial charge >= 0.3 is 5.69 Å². The Morgan fingerprint density at radius 3 is 2.67 bits per heavy atom. The van der Waals surface area contributed by atoms with Gasteiger partial charge in [-0.05, 0) is 62.8 Å². The number of nitrogens with one attached hydrogen (secondary N) is 1. The molecule has 3 aromatic heterocycles. The number of halogens is 1. The number of para-hydroxylation sites is 2. The van der Waals surface area contributed by atoms with E-state index in [1.807, 2.05) is 24.3 Å². The average Bonchev–Trinajstić information content (AvgIpc) is 3.17. The fourth-order valence-corrected chi connectivity index (χ4v) is 5.18. The van der Waals surface area contributed by atoms with E-state index >= 15 is 0 Å². The lowest BCUT2D eigenvalue weighted by molar-refractivity contribution is 0.0919. The van der Waals surface area contributed by atoms with E-state index in [-0.39, 0.29) is 17.6 Å². The lowest BCUT2D eigenvalue weighted by Crippen LogP contribution is -2.39. The van der Waals surface area contributed by atoms with Gasteiger partial charge in [0, 0.05) is 25.0 Å². The van der Waals surface area contributed by atoms with E-state index in [4.69, 9.17) is 11.6 Å². The van der Waals surface area contributed by atoms with Crippen molar-refractivity contribution >= 4 is 28.5 Å². The molecule has 1 saturated carbocycles. The highest BCUT2D eigenvalue weighted by molar-refractivity contribution is 6.30. The van der Waals surface area contributed by atoms with Gasteiger partial charge < -0.3 is 5.32 Å². The monoisotopic (exact) mass is 500 g/mol. The van der Waals surface area contributed by atoms with Crippen LogP contribution in [0, 0.1) is 24.2 Å². The Morgan fingerprint density at radius 1 is 1.17 bits per heavy atom. The van der Waals surface area contributed by atoms with Gasteiger partial charge in [0.15, 0.2) is 0 Å². The van der Waals surface area contributed by atoms with Gasteiger partial charge in [0.05, 0.1) is 44.8 Å². The Bertz CT molecular complexity index is 1540. The quantitative estimate of drug-likeness (QED) is 0.437. The molecule has 3 heterocycles. The van der Waals surface area contributed by atoms with E-state index in [0.29, 0.717) is 40.0 Å². The Labute approximate surface area is 213 Å². The molecule has 0 unspecified atom stereocenters. The van der Waals surface area contributed by atoms with Crippen molar-refractivity contribution in [2.45, 2.75) is 45.2 Å². The van der Waals surface area contributed by atoms with Gasteiger partial charge in [0.2, 0.25) is 0 Å². The number of amides is 1. The number of pyridine rings is 2. The number of rotatable bonds is 5. The summed E-state index contributed by atoms with van der Waals surface area (Å²) in [7, 11) is 0. The molecule has 0 atom stereocenters. The average molecular weight is 501 g/mol. The van der Waals surface area contributed by atoms with Crippen molar-refractivity contribution in [3.05, 3.63) is 87.3 Å². The number of carbonyl (C=O) groups excluding carboxylic acids is 1. The van der Waals surface area contributed by atoms with Crippen LogP contribution in [-0.4, -0.2) is 31.1 Å². The normalized spacial score (nSPS) is 17.6. The standard InChI is InChI=1S/C27H25ClN6O2/c1-17-22(12-20(28)14-31-17)26(35)32-21-8-6-18(7-9-21)16-33-23-4-2-3-5-24(23)34(27(33)36)25-15-30-11-10-19(25)13-29/h2-5,10-12,14-15,18,21H,6-9,16H2,1H3,(H,32,35)/t18-,21-.